The Morgan fingerprint density at radius 1 is 1.13 bits per heavy atom. The van der Waals surface area contributed by atoms with Crippen LogP contribution in [-0.2, 0) is 11.3 Å². The van der Waals surface area contributed by atoms with Crippen molar-refractivity contribution in [3.05, 3.63) is 94.1 Å². The first-order valence-electron chi connectivity index (χ1n) is 11.4. The smallest absolute Gasteiger partial charge is 0.354 e. The van der Waals surface area contributed by atoms with Gasteiger partial charge in [-0.05, 0) is 48.7 Å². The van der Waals surface area contributed by atoms with E-state index in [0.717, 1.165) is 21.7 Å². The summed E-state index contributed by atoms with van der Waals surface area (Å²) in [4.78, 5) is 39.6. The van der Waals surface area contributed by atoms with Crippen LogP contribution in [0, 0.1) is 12.7 Å². The van der Waals surface area contributed by atoms with Gasteiger partial charge >= 0.3 is 11.9 Å². The van der Waals surface area contributed by atoms with Crippen LogP contribution in [0.25, 0.3) is 5.65 Å². The van der Waals surface area contributed by atoms with E-state index < -0.39 is 23.9 Å². The van der Waals surface area contributed by atoms with Gasteiger partial charge in [-0.2, -0.15) is 0 Å². The van der Waals surface area contributed by atoms with Crippen molar-refractivity contribution in [3.8, 4) is 0 Å². The van der Waals surface area contributed by atoms with Crippen molar-refractivity contribution in [2.75, 3.05) is 12.8 Å². The van der Waals surface area contributed by atoms with E-state index in [4.69, 9.17) is 11.5 Å². The third kappa shape index (κ3) is 6.48. The zero-order chi connectivity index (χ0) is 28.0. The molecule has 0 fully saturated rings. The van der Waals surface area contributed by atoms with Crippen molar-refractivity contribution in [1.29, 1.82) is 0 Å². The van der Waals surface area contributed by atoms with E-state index in [-0.39, 0.29) is 28.7 Å². The zero-order valence-corrected chi connectivity index (χ0v) is 20.9. The SMILES string of the molecule is COC(=O)c1ccc([C@H](C)NC(=O)c2cc(C(=O)O)n3nc(N)cc3n2)cc1.Cc1cc(CN)ccc1F. The number of methoxy groups -OCH3 is 1. The highest BCUT2D eigenvalue weighted by Gasteiger charge is 2.19. The molecule has 0 spiro atoms. The minimum atomic E-state index is -1.27. The minimum absolute atomic E-state index is 0.0807. The van der Waals surface area contributed by atoms with Crippen molar-refractivity contribution < 1.29 is 28.6 Å². The molecule has 198 valence electrons. The summed E-state index contributed by atoms with van der Waals surface area (Å²) in [5.74, 6) is -2.36. The largest absolute Gasteiger partial charge is 0.477 e. The standard InChI is InChI=1S/C18H17N5O5.C8H10FN/c1-9(10-3-5-11(6-4-10)18(27)28-2)20-16(24)12-7-13(17(25)26)23-15(21-12)8-14(19)22-23;1-6-4-7(5-10)2-3-8(6)9/h3-9H,1-2H3,(H2,19,22)(H,20,24)(H,25,26);2-4H,5,10H2,1H3/t9-;/m0./s1. The summed E-state index contributed by atoms with van der Waals surface area (Å²) < 4.78 is 18.3. The fourth-order valence-corrected chi connectivity index (χ4v) is 3.47. The summed E-state index contributed by atoms with van der Waals surface area (Å²) in [5.41, 5.74) is 13.5. The summed E-state index contributed by atoms with van der Waals surface area (Å²) >= 11 is 0. The number of anilines is 1. The van der Waals surface area contributed by atoms with E-state index in [9.17, 15) is 23.9 Å². The van der Waals surface area contributed by atoms with Gasteiger partial charge in [-0.3, -0.25) is 4.79 Å². The molecule has 4 aromatic rings. The number of halogens is 1. The first-order chi connectivity index (χ1) is 18.0. The Morgan fingerprint density at radius 3 is 2.39 bits per heavy atom. The molecule has 0 radical (unpaired) electrons. The first-order valence-corrected chi connectivity index (χ1v) is 11.4. The predicted molar refractivity (Wildman–Crippen MR) is 137 cm³/mol. The minimum Gasteiger partial charge on any atom is -0.477 e. The average Bonchev–Trinajstić information content (AvgIpc) is 3.29. The summed E-state index contributed by atoms with van der Waals surface area (Å²) in [6.07, 6.45) is 0. The zero-order valence-electron chi connectivity index (χ0n) is 20.9. The number of hydrogen-bond donors (Lipinski definition) is 4. The second kappa shape index (κ2) is 11.9. The van der Waals surface area contributed by atoms with E-state index in [1.807, 2.05) is 0 Å². The van der Waals surface area contributed by atoms with Gasteiger partial charge in [0.15, 0.2) is 11.3 Å². The van der Waals surface area contributed by atoms with Crippen LogP contribution in [-0.4, -0.2) is 44.7 Å². The molecule has 0 aliphatic carbocycles. The van der Waals surface area contributed by atoms with Crippen molar-refractivity contribution in [2.45, 2.75) is 26.4 Å². The van der Waals surface area contributed by atoms with Gasteiger partial charge in [-0.1, -0.05) is 24.3 Å². The molecule has 1 amide bonds. The van der Waals surface area contributed by atoms with Gasteiger partial charge < -0.3 is 26.6 Å². The van der Waals surface area contributed by atoms with Gasteiger partial charge in [0.1, 0.15) is 17.3 Å². The van der Waals surface area contributed by atoms with Crippen LogP contribution >= 0.6 is 0 Å². The molecule has 0 aliphatic heterocycles. The van der Waals surface area contributed by atoms with E-state index in [1.165, 1.54) is 19.2 Å². The first kappa shape index (κ1) is 27.7. The van der Waals surface area contributed by atoms with Crippen molar-refractivity contribution >= 4 is 29.3 Å². The maximum atomic E-state index is 12.6. The summed E-state index contributed by atoms with van der Waals surface area (Å²) in [7, 11) is 1.29. The Hall–Kier alpha value is -4.84. The number of aromatic nitrogens is 3. The van der Waals surface area contributed by atoms with Gasteiger partial charge in [0.25, 0.3) is 5.91 Å². The number of nitrogens with two attached hydrogens (primary N) is 2. The van der Waals surface area contributed by atoms with Crippen LogP contribution in [0.5, 0.6) is 0 Å². The number of ether oxygens (including phenoxy) is 1. The lowest BCUT2D eigenvalue weighted by Crippen LogP contribution is -2.28. The Labute approximate surface area is 217 Å². The van der Waals surface area contributed by atoms with Crippen LogP contribution in [0.1, 0.15) is 61.0 Å². The van der Waals surface area contributed by atoms with Crippen LogP contribution < -0.4 is 16.8 Å². The number of nitrogens with zero attached hydrogens (tertiary/aromatic N) is 3. The number of aryl methyl sites for hydroxylation is 1. The number of rotatable bonds is 6. The van der Waals surface area contributed by atoms with Gasteiger partial charge in [0.2, 0.25) is 0 Å². The molecule has 0 saturated heterocycles. The molecular weight excluding hydrogens is 495 g/mol. The van der Waals surface area contributed by atoms with Gasteiger partial charge in [-0.25, -0.2) is 23.5 Å². The third-order valence-electron chi connectivity index (χ3n) is 5.54. The molecule has 1 atom stereocenters. The molecule has 38 heavy (non-hydrogen) atoms. The highest BCUT2D eigenvalue weighted by atomic mass is 19.1. The number of carbonyl (C=O) groups is 3. The normalized spacial score (nSPS) is 11.3. The molecule has 2 heterocycles. The van der Waals surface area contributed by atoms with Crippen LogP contribution in [0.4, 0.5) is 10.2 Å². The fourth-order valence-electron chi connectivity index (χ4n) is 3.47. The molecule has 12 heteroatoms. The molecule has 4 rings (SSSR count). The number of carbonyl (C=O) groups excluding carboxylic acids is 2. The molecule has 0 aliphatic rings. The predicted octanol–water partition coefficient (Wildman–Crippen LogP) is 2.88. The summed E-state index contributed by atoms with van der Waals surface area (Å²) in [6.45, 7) is 3.95. The number of nitrogens with one attached hydrogen (secondary N) is 1. The fraction of sp³-hybridized carbons (Fsp3) is 0.192. The molecule has 2 aromatic carbocycles. The molecule has 0 saturated carbocycles. The number of aromatic carboxylic acids is 1. The number of benzene rings is 2. The Bertz CT molecular complexity index is 1490. The number of esters is 1. The third-order valence-corrected chi connectivity index (χ3v) is 5.54. The number of carboxylic acids is 1. The topological polar surface area (TPSA) is 175 Å². The Kier molecular flexibility index (Phi) is 8.71. The second-order valence-corrected chi connectivity index (χ2v) is 8.27. The lowest BCUT2D eigenvalue weighted by Gasteiger charge is -2.15. The van der Waals surface area contributed by atoms with Crippen molar-refractivity contribution in [2.24, 2.45) is 5.73 Å². The Balaban J connectivity index is 0.000000336. The molecule has 0 unspecified atom stereocenters. The molecule has 6 N–H and O–H groups in total. The molecular formula is C26H27FN6O5. The number of carboxylic acid groups (broad SMARTS) is 1. The highest BCUT2D eigenvalue weighted by Crippen LogP contribution is 2.16. The molecule has 11 nitrogen and oxygen atoms in total. The van der Waals surface area contributed by atoms with E-state index in [2.05, 4.69) is 20.1 Å². The van der Waals surface area contributed by atoms with Crippen LogP contribution in [0.3, 0.4) is 0 Å². The van der Waals surface area contributed by atoms with E-state index >= 15 is 0 Å². The summed E-state index contributed by atoms with van der Waals surface area (Å²) in [5, 5.41) is 15.9. The lowest BCUT2D eigenvalue weighted by molar-refractivity contribution is 0.0599. The quantitative estimate of drug-likeness (QED) is 0.277. The maximum Gasteiger partial charge on any atom is 0.354 e. The highest BCUT2D eigenvalue weighted by molar-refractivity contribution is 5.96. The molecule has 2 aromatic heterocycles. The number of hydrogen-bond acceptors (Lipinski definition) is 8. The van der Waals surface area contributed by atoms with Gasteiger partial charge in [-0.15, -0.1) is 5.10 Å². The van der Waals surface area contributed by atoms with Crippen molar-refractivity contribution in [1.82, 2.24) is 19.9 Å². The molecule has 0 bridgehead atoms. The van der Waals surface area contributed by atoms with Crippen molar-refractivity contribution in [3.63, 3.8) is 0 Å². The average molecular weight is 523 g/mol. The summed E-state index contributed by atoms with van der Waals surface area (Å²) in [6, 6.07) is 13.5. The Morgan fingerprint density at radius 2 is 1.82 bits per heavy atom. The van der Waals surface area contributed by atoms with Gasteiger partial charge in [0.05, 0.1) is 18.7 Å². The maximum absolute atomic E-state index is 12.6. The van der Waals surface area contributed by atoms with E-state index in [1.54, 1.807) is 50.2 Å². The van der Waals surface area contributed by atoms with Crippen LogP contribution in [0.2, 0.25) is 0 Å². The number of nitrogen functional groups attached to an aromatic ring is 1. The lowest BCUT2D eigenvalue weighted by atomic mass is 10.1. The monoisotopic (exact) mass is 522 g/mol. The van der Waals surface area contributed by atoms with Crippen LogP contribution in [0.15, 0.2) is 54.6 Å². The number of fused-ring (bicyclic) bond motifs is 1. The number of amides is 1. The van der Waals surface area contributed by atoms with E-state index in [0.29, 0.717) is 17.7 Å². The second-order valence-electron chi connectivity index (χ2n) is 8.27. The van der Waals surface area contributed by atoms with Gasteiger partial charge in [0, 0.05) is 18.7 Å².